The highest BCUT2D eigenvalue weighted by Gasteiger charge is 2.24. The number of hydrogen-bond acceptors (Lipinski definition) is 6. The largest absolute Gasteiger partial charge is 0.338 e. The van der Waals surface area contributed by atoms with Crippen molar-refractivity contribution in [1.29, 1.82) is 0 Å². The normalized spacial score (nSPS) is 16.0. The van der Waals surface area contributed by atoms with E-state index in [-0.39, 0.29) is 11.9 Å². The van der Waals surface area contributed by atoms with Gasteiger partial charge < -0.3 is 10.3 Å². The lowest BCUT2D eigenvalue weighted by molar-refractivity contribution is 0.370. The maximum Gasteiger partial charge on any atom is 0.244 e. The second kappa shape index (κ2) is 4.92. The number of hydrogen-bond donors (Lipinski definition) is 1. The minimum atomic E-state index is -3.20. The number of aromatic nitrogens is 2. The Balaban J connectivity index is 2.79. The molecule has 0 amide bonds. The van der Waals surface area contributed by atoms with Crippen LogP contribution >= 0.6 is 0 Å². The van der Waals surface area contributed by atoms with Crippen LogP contribution in [0.2, 0.25) is 0 Å². The topological polar surface area (TPSA) is 99.1 Å². The summed E-state index contributed by atoms with van der Waals surface area (Å²) in [6.07, 6.45) is 2.45. The first-order valence-corrected chi connectivity index (χ1v) is 7.07. The molecular weight excluding hydrogens is 230 g/mol. The van der Waals surface area contributed by atoms with E-state index in [1.54, 1.807) is 0 Å². The Morgan fingerprint density at radius 2 is 2.12 bits per heavy atom. The fourth-order valence-corrected chi connectivity index (χ4v) is 1.54. The SMILES string of the molecule is CCC(N)Cc1noc(C(C)S(C)(=O)=O)n1. The first kappa shape index (κ1) is 13.1. The van der Waals surface area contributed by atoms with Crippen LogP contribution in [0.25, 0.3) is 0 Å². The number of nitrogens with zero attached hydrogens (tertiary/aromatic N) is 2. The summed E-state index contributed by atoms with van der Waals surface area (Å²) >= 11 is 0. The second-order valence-corrected chi connectivity index (χ2v) is 6.26. The van der Waals surface area contributed by atoms with Crippen LogP contribution in [0.1, 0.15) is 37.2 Å². The molecule has 2 N–H and O–H groups in total. The van der Waals surface area contributed by atoms with Crippen LogP contribution in [-0.4, -0.2) is 30.9 Å². The average Bonchev–Trinajstić information content (AvgIpc) is 2.63. The third kappa shape index (κ3) is 3.28. The Kier molecular flexibility index (Phi) is 4.03. The maximum atomic E-state index is 11.3. The van der Waals surface area contributed by atoms with E-state index in [9.17, 15) is 8.42 Å². The van der Waals surface area contributed by atoms with E-state index < -0.39 is 15.1 Å². The van der Waals surface area contributed by atoms with E-state index >= 15 is 0 Å². The predicted octanol–water partition coefficient (Wildman–Crippen LogP) is 0.455. The maximum absolute atomic E-state index is 11.3. The summed E-state index contributed by atoms with van der Waals surface area (Å²) in [6, 6.07) is -0.0287. The highest BCUT2D eigenvalue weighted by molar-refractivity contribution is 7.90. The van der Waals surface area contributed by atoms with Crippen molar-refractivity contribution in [1.82, 2.24) is 10.1 Å². The summed E-state index contributed by atoms with van der Waals surface area (Å²) in [4.78, 5) is 4.03. The van der Waals surface area contributed by atoms with Gasteiger partial charge in [-0.15, -0.1) is 0 Å². The van der Waals surface area contributed by atoms with Gasteiger partial charge in [-0.2, -0.15) is 4.98 Å². The number of sulfone groups is 1. The van der Waals surface area contributed by atoms with Gasteiger partial charge in [-0.1, -0.05) is 12.1 Å². The summed E-state index contributed by atoms with van der Waals surface area (Å²) in [5.74, 6) is 0.584. The summed E-state index contributed by atoms with van der Waals surface area (Å²) in [5.41, 5.74) is 5.74. The summed E-state index contributed by atoms with van der Waals surface area (Å²) in [7, 11) is -3.20. The molecule has 1 heterocycles. The Morgan fingerprint density at radius 1 is 1.50 bits per heavy atom. The lowest BCUT2D eigenvalue weighted by Crippen LogP contribution is -2.22. The van der Waals surface area contributed by atoms with Crippen LogP contribution in [-0.2, 0) is 16.3 Å². The van der Waals surface area contributed by atoms with Gasteiger partial charge in [-0.25, -0.2) is 8.42 Å². The van der Waals surface area contributed by atoms with Crippen molar-refractivity contribution in [3.05, 3.63) is 11.7 Å². The van der Waals surface area contributed by atoms with Gasteiger partial charge >= 0.3 is 0 Å². The van der Waals surface area contributed by atoms with Gasteiger partial charge in [0.1, 0.15) is 5.25 Å². The van der Waals surface area contributed by atoms with E-state index in [1.807, 2.05) is 6.92 Å². The van der Waals surface area contributed by atoms with E-state index in [4.69, 9.17) is 10.3 Å². The highest BCUT2D eigenvalue weighted by atomic mass is 32.2. The van der Waals surface area contributed by atoms with E-state index in [2.05, 4.69) is 10.1 Å². The number of nitrogens with two attached hydrogens (primary N) is 1. The van der Waals surface area contributed by atoms with Crippen molar-refractivity contribution in [3.8, 4) is 0 Å². The smallest absolute Gasteiger partial charge is 0.244 e. The standard InChI is InChI=1S/C9H17N3O3S/c1-4-7(10)5-8-11-9(15-12-8)6(2)16(3,13)14/h6-7H,4-5,10H2,1-3H3. The molecule has 0 aromatic carbocycles. The minimum absolute atomic E-state index is 0.0287. The zero-order valence-corrected chi connectivity index (χ0v) is 10.5. The van der Waals surface area contributed by atoms with Gasteiger partial charge in [0, 0.05) is 18.7 Å². The molecule has 0 aliphatic heterocycles. The van der Waals surface area contributed by atoms with Crippen LogP contribution in [0.15, 0.2) is 4.52 Å². The Labute approximate surface area is 95.1 Å². The molecule has 92 valence electrons. The van der Waals surface area contributed by atoms with E-state index in [1.165, 1.54) is 6.92 Å². The van der Waals surface area contributed by atoms with Crippen molar-refractivity contribution in [2.24, 2.45) is 5.73 Å². The van der Waals surface area contributed by atoms with Crippen molar-refractivity contribution < 1.29 is 12.9 Å². The average molecular weight is 247 g/mol. The first-order chi connectivity index (χ1) is 7.34. The molecule has 0 saturated heterocycles. The fourth-order valence-electron chi connectivity index (χ4n) is 1.08. The summed E-state index contributed by atoms with van der Waals surface area (Å²) in [6.45, 7) is 3.48. The van der Waals surface area contributed by atoms with Crippen LogP contribution in [0.3, 0.4) is 0 Å². The van der Waals surface area contributed by atoms with Crippen LogP contribution < -0.4 is 5.73 Å². The zero-order valence-electron chi connectivity index (χ0n) is 9.67. The first-order valence-electron chi connectivity index (χ1n) is 5.11. The second-order valence-electron chi connectivity index (χ2n) is 3.89. The number of rotatable bonds is 5. The highest BCUT2D eigenvalue weighted by Crippen LogP contribution is 2.18. The third-order valence-corrected chi connectivity index (χ3v) is 3.93. The van der Waals surface area contributed by atoms with Gasteiger partial charge in [-0.3, -0.25) is 0 Å². The molecule has 0 spiro atoms. The van der Waals surface area contributed by atoms with E-state index in [0.717, 1.165) is 12.7 Å². The lowest BCUT2D eigenvalue weighted by atomic mass is 10.2. The van der Waals surface area contributed by atoms with Gasteiger partial charge in [0.25, 0.3) is 0 Å². The lowest BCUT2D eigenvalue weighted by Gasteiger charge is -2.03. The van der Waals surface area contributed by atoms with Gasteiger partial charge in [0.05, 0.1) is 0 Å². The Bertz CT molecular complexity index is 441. The molecule has 6 nitrogen and oxygen atoms in total. The third-order valence-electron chi connectivity index (χ3n) is 2.44. The zero-order chi connectivity index (χ0) is 12.3. The van der Waals surface area contributed by atoms with Crippen molar-refractivity contribution in [3.63, 3.8) is 0 Å². The Hall–Kier alpha value is -0.950. The molecule has 2 unspecified atom stereocenters. The van der Waals surface area contributed by atoms with Crippen LogP contribution in [0.5, 0.6) is 0 Å². The predicted molar refractivity (Wildman–Crippen MR) is 59.5 cm³/mol. The quantitative estimate of drug-likeness (QED) is 0.811. The molecule has 1 aromatic heterocycles. The minimum Gasteiger partial charge on any atom is -0.338 e. The Morgan fingerprint density at radius 3 is 2.62 bits per heavy atom. The molecule has 1 aromatic rings. The summed E-state index contributed by atoms with van der Waals surface area (Å²) < 4.78 is 27.4. The van der Waals surface area contributed by atoms with Crippen molar-refractivity contribution >= 4 is 9.84 Å². The molecule has 2 atom stereocenters. The molecule has 0 radical (unpaired) electrons. The molecule has 0 saturated carbocycles. The molecule has 16 heavy (non-hydrogen) atoms. The monoisotopic (exact) mass is 247 g/mol. The molecule has 1 rings (SSSR count). The molecule has 0 aliphatic rings. The molecule has 0 bridgehead atoms. The van der Waals surface area contributed by atoms with Crippen molar-refractivity contribution in [2.75, 3.05) is 6.26 Å². The molecule has 0 aliphatic carbocycles. The van der Waals surface area contributed by atoms with Crippen LogP contribution in [0.4, 0.5) is 0 Å². The van der Waals surface area contributed by atoms with Gasteiger partial charge in [-0.05, 0) is 13.3 Å². The molecular formula is C9H17N3O3S. The van der Waals surface area contributed by atoms with Crippen LogP contribution in [0, 0.1) is 0 Å². The molecule has 0 fully saturated rings. The molecule has 7 heteroatoms. The van der Waals surface area contributed by atoms with E-state index in [0.29, 0.717) is 12.2 Å². The van der Waals surface area contributed by atoms with Gasteiger partial charge in [0.2, 0.25) is 5.89 Å². The fraction of sp³-hybridized carbons (Fsp3) is 0.778. The summed E-state index contributed by atoms with van der Waals surface area (Å²) in [5, 5.41) is 2.94. The van der Waals surface area contributed by atoms with Crippen molar-refractivity contribution in [2.45, 2.75) is 38.0 Å². The van der Waals surface area contributed by atoms with Gasteiger partial charge in [0.15, 0.2) is 15.7 Å².